The molecule has 0 bridgehead atoms. The van der Waals surface area contributed by atoms with E-state index in [0.29, 0.717) is 17.9 Å². The van der Waals surface area contributed by atoms with E-state index in [1.54, 1.807) is 0 Å². The summed E-state index contributed by atoms with van der Waals surface area (Å²) in [6.07, 6.45) is 6.58. The molecule has 112 valence electrons. The molecule has 0 radical (unpaired) electrons. The van der Waals surface area contributed by atoms with E-state index in [1.165, 1.54) is 0 Å². The second kappa shape index (κ2) is 8.57. The van der Waals surface area contributed by atoms with Crippen molar-refractivity contribution < 1.29 is 4.79 Å². The van der Waals surface area contributed by atoms with Crippen molar-refractivity contribution in [1.82, 2.24) is 10.2 Å². The lowest BCUT2D eigenvalue weighted by atomic mass is 9.88. The number of hydrogen-bond donors (Lipinski definition) is 1. The highest BCUT2D eigenvalue weighted by Crippen LogP contribution is 2.24. The molecule has 0 aromatic carbocycles. The minimum Gasteiger partial charge on any atom is -0.342 e. The summed E-state index contributed by atoms with van der Waals surface area (Å²) in [6, 6.07) is 0.588. The van der Waals surface area contributed by atoms with Crippen LogP contribution in [-0.4, -0.2) is 37.0 Å². The summed E-state index contributed by atoms with van der Waals surface area (Å²) in [4.78, 5) is 14.8. The van der Waals surface area contributed by atoms with Crippen molar-refractivity contribution >= 4 is 5.91 Å². The van der Waals surface area contributed by atoms with Gasteiger partial charge in [0.15, 0.2) is 0 Å². The van der Waals surface area contributed by atoms with E-state index < -0.39 is 0 Å². The first kappa shape index (κ1) is 16.5. The van der Waals surface area contributed by atoms with Gasteiger partial charge in [0.2, 0.25) is 5.91 Å². The van der Waals surface area contributed by atoms with Crippen LogP contribution in [-0.2, 0) is 4.79 Å². The Labute approximate surface area is 119 Å². The molecule has 1 aliphatic heterocycles. The Bertz CT molecular complexity index is 261. The van der Waals surface area contributed by atoms with Crippen LogP contribution < -0.4 is 5.32 Å². The fourth-order valence-electron chi connectivity index (χ4n) is 3.37. The molecule has 3 heteroatoms. The van der Waals surface area contributed by atoms with Crippen LogP contribution in [0.5, 0.6) is 0 Å². The normalized spacial score (nSPS) is 23.9. The Kier molecular flexibility index (Phi) is 7.44. The minimum absolute atomic E-state index is 0.263. The molecule has 0 aliphatic carbocycles. The van der Waals surface area contributed by atoms with Crippen molar-refractivity contribution in [3.8, 4) is 0 Å². The highest BCUT2D eigenvalue weighted by molar-refractivity contribution is 5.79. The van der Waals surface area contributed by atoms with Crippen molar-refractivity contribution in [3.63, 3.8) is 0 Å². The highest BCUT2D eigenvalue weighted by Gasteiger charge is 2.31. The molecule has 1 N–H and O–H groups in total. The topological polar surface area (TPSA) is 32.3 Å². The third-order valence-corrected chi connectivity index (χ3v) is 4.56. The zero-order valence-electron chi connectivity index (χ0n) is 13.2. The molecule has 1 amide bonds. The van der Waals surface area contributed by atoms with E-state index in [-0.39, 0.29) is 5.92 Å². The Hall–Kier alpha value is -0.570. The largest absolute Gasteiger partial charge is 0.342 e. The van der Waals surface area contributed by atoms with Gasteiger partial charge in [-0.05, 0) is 32.2 Å². The molecular formula is C16H32N2O. The number of carbonyl (C=O) groups is 1. The molecule has 0 saturated carbocycles. The monoisotopic (exact) mass is 268 g/mol. The van der Waals surface area contributed by atoms with E-state index in [4.69, 9.17) is 0 Å². The smallest absolute Gasteiger partial charge is 0.225 e. The third-order valence-electron chi connectivity index (χ3n) is 4.56. The Morgan fingerprint density at radius 3 is 2.37 bits per heavy atom. The SMILES string of the molecule is CCCC(CCC)C(=O)N1CCC(NC)C(CC)C1. The van der Waals surface area contributed by atoms with Crippen molar-refractivity contribution in [2.75, 3.05) is 20.1 Å². The van der Waals surface area contributed by atoms with Crippen LogP contribution >= 0.6 is 0 Å². The van der Waals surface area contributed by atoms with Gasteiger partial charge in [0.25, 0.3) is 0 Å². The van der Waals surface area contributed by atoms with E-state index in [2.05, 4.69) is 31.0 Å². The van der Waals surface area contributed by atoms with Gasteiger partial charge in [0, 0.05) is 25.0 Å². The zero-order valence-corrected chi connectivity index (χ0v) is 13.2. The Balaban J connectivity index is 2.61. The van der Waals surface area contributed by atoms with Gasteiger partial charge < -0.3 is 10.2 Å². The van der Waals surface area contributed by atoms with Gasteiger partial charge in [0.1, 0.15) is 0 Å². The van der Waals surface area contributed by atoms with Gasteiger partial charge in [-0.25, -0.2) is 0 Å². The number of nitrogens with one attached hydrogen (secondary N) is 1. The summed E-state index contributed by atoms with van der Waals surface area (Å²) < 4.78 is 0. The standard InChI is InChI=1S/C16H32N2O/c1-5-8-14(9-6-2)16(19)18-11-10-15(17-4)13(7-3)12-18/h13-15,17H,5-12H2,1-4H3. The summed E-state index contributed by atoms with van der Waals surface area (Å²) >= 11 is 0. The second-order valence-corrected chi connectivity index (χ2v) is 5.91. The van der Waals surface area contributed by atoms with Gasteiger partial charge in [-0.15, -0.1) is 0 Å². The lowest BCUT2D eigenvalue weighted by Gasteiger charge is -2.39. The molecule has 3 nitrogen and oxygen atoms in total. The van der Waals surface area contributed by atoms with Crippen molar-refractivity contribution in [1.29, 1.82) is 0 Å². The third kappa shape index (κ3) is 4.48. The first-order valence-corrected chi connectivity index (χ1v) is 8.13. The number of likely N-dealkylation sites (tertiary alicyclic amines) is 1. The van der Waals surface area contributed by atoms with Gasteiger partial charge in [-0.3, -0.25) is 4.79 Å². The number of hydrogen-bond acceptors (Lipinski definition) is 2. The van der Waals surface area contributed by atoms with Crippen molar-refractivity contribution in [2.45, 2.75) is 65.3 Å². The molecule has 1 fully saturated rings. The lowest BCUT2D eigenvalue weighted by molar-refractivity contribution is -0.138. The number of nitrogens with zero attached hydrogens (tertiary/aromatic N) is 1. The number of amides is 1. The minimum atomic E-state index is 0.263. The number of carbonyl (C=O) groups excluding carboxylic acids is 1. The Morgan fingerprint density at radius 1 is 1.26 bits per heavy atom. The molecule has 2 atom stereocenters. The van der Waals surface area contributed by atoms with Crippen molar-refractivity contribution in [3.05, 3.63) is 0 Å². The predicted molar refractivity (Wildman–Crippen MR) is 81.1 cm³/mol. The van der Waals surface area contributed by atoms with E-state index in [9.17, 15) is 4.79 Å². The van der Waals surface area contributed by atoms with E-state index in [1.807, 2.05) is 7.05 Å². The van der Waals surface area contributed by atoms with Gasteiger partial charge in [-0.1, -0.05) is 40.0 Å². The quantitative estimate of drug-likeness (QED) is 0.769. The highest BCUT2D eigenvalue weighted by atomic mass is 16.2. The summed E-state index contributed by atoms with van der Waals surface area (Å²) in [5.74, 6) is 1.29. The fraction of sp³-hybridized carbons (Fsp3) is 0.938. The summed E-state index contributed by atoms with van der Waals surface area (Å²) in [5, 5.41) is 3.41. The Morgan fingerprint density at radius 2 is 1.89 bits per heavy atom. The number of rotatable bonds is 7. The second-order valence-electron chi connectivity index (χ2n) is 5.91. The van der Waals surface area contributed by atoms with Crippen LogP contribution in [0.25, 0.3) is 0 Å². The predicted octanol–water partition coefficient (Wildman–Crippen LogP) is 3.05. The maximum Gasteiger partial charge on any atom is 0.225 e. The average Bonchev–Trinajstić information content (AvgIpc) is 2.45. The van der Waals surface area contributed by atoms with E-state index in [0.717, 1.165) is 51.6 Å². The first-order chi connectivity index (χ1) is 9.17. The van der Waals surface area contributed by atoms with Crippen molar-refractivity contribution in [2.24, 2.45) is 11.8 Å². The van der Waals surface area contributed by atoms with Gasteiger partial charge in [-0.2, -0.15) is 0 Å². The van der Waals surface area contributed by atoms with Crippen LogP contribution in [0.1, 0.15) is 59.3 Å². The number of piperidine rings is 1. The maximum absolute atomic E-state index is 12.6. The summed E-state index contributed by atoms with van der Waals surface area (Å²) in [5.41, 5.74) is 0. The fourth-order valence-corrected chi connectivity index (χ4v) is 3.37. The van der Waals surface area contributed by atoms with Crippen LogP contribution in [0.3, 0.4) is 0 Å². The molecule has 0 aromatic rings. The van der Waals surface area contributed by atoms with Crippen LogP contribution in [0.2, 0.25) is 0 Å². The molecule has 2 unspecified atom stereocenters. The van der Waals surface area contributed by atoms with Crippen LogP contribution in [0, 0.1) is 11.8 Å². The van der Waals surface area contributed by atoms with E-state index >= 15 is 0 Å². The zero-order chi connectivity index (χ0) is 14.3. The van der Waals surface area contributed by atoms with Gasteiger partial charge >= 0.3 is 0 Å². The molecule has 19 heavy (non-hydrogen) atoms. The van der Waals surface area contributed by atoms with Crippen LogP contribution in [0.15, 0.2) is 0 Å². The molecule has 0 aromatic heterocycles. The molecule has 0 spiro atoms. The van der Waals surface area contributed by atoms with Crippen LogP contribution in [0.4, 0.5) is 0 Å². The molecule has 1 rings (SSSR count). The molecule has 1 heterocycles. The average molecular weight is 268 g/mol. The maximum atomic E-state index is 12.6. The summed E-state index contributed by atoms with van der Waals surface area (Å²) in [6.45, 7) is 8.48. The lowest BCUT2D eigenvalue weighted by Crippen LogP contribution is -2.51. The first-order valence-electron chi connectivity index (χ1n) is 8.13. The summed E-state index contributed by atoms with van der Waals surface area (Å²) in [7, 11) is 2.04. The molecular weight excluding hydrogens is 236 g/mol. The molecule has 1 saturated heterocycles. The molecule has 1 aliphatic rings. The van der Waals surface area contributed by atoms with Gasteiger partial charge in [0.05, 0.1) is 0 Å².